The summed E-state index contributed by atoms with van der Waals surface area (Å²) in [5.74, 6) is -1.91. The van der Waals surface area contributed by atoms with Crippen molar-refractivity contribution in [1.82, 2.24) is 0 Å². The van der Waals surface area contributed by atoms with E-state index in [2.05, 4.69) is 4.74 Å². The SMILES string of the molecule is COC(=O)CC1COC(C)(c2ccccc2F)O1. The van der Waals surface area contributed by atoms with E-state index in [0.717, 1.165) is 0 Å². The first-order chi connectivity index (χ1) is 8.55. The third kappa shape index (κ3) is 2.52. The van der Waals surface area contributed by atoms with Crippen LogP contribution in [0, 0.1) is 5.82 Å². The molecule has 0 N–H and O–H groups in total. The van der Waals surface area contributed by atoms with E-state index in [0.29, 0.717) is 5.56 Å². The fourth-order valence-electron chi connectivity index (χ4n) is 1.98. The molecule has 1 fully saturated rings. The molecule has 18 heavy (non-hydrogen) atoms. The minimum absolute atomic E-state index is 0.0978. The van der Waals surface area contributed by atoms with E-state index >= 15 is 0 Å². The van der Waals surface area contributed by atoms with Crippen LogP contribution in [0.25, 0.3) is 0 Å². The van der Waals surface area contributed by atoms with Crippen molar-refractivity contribution in [2.24, 2.45) is 0 Å². The highest BCUT2D eigenvalue weighted by Crippen LogP contribution is 2.35. The van der Waals surface area contributed by atoms with Gasteiger partial charge in [-0.3, -0.25) is 4.79 Å². The van der Waals surface area contributed by atoms with Crippen LogP contribution in [0.5, 0.6) is 0 Å². The van der Waals surface area contributed by atoms with Crippen LogP contribution < -0.4 is 0 Å². The summed E-state index contributed by atoms with van der Waals surface area (Å²) in [6.45, 7) is 1.88. The minimum Gasteiger partial charge on any atom is -0.469 e. The molecule has 0 radical (unpaired) electrons. The van der Waals surface area contributed by atoms with E-state index in [1.165, 1.54) is 13.2 Å². The molecule has 2 unspecified atom stereocenters. The summed E-state index contributed by atoms with van der Waals surface area (Å²) in [4.78, 5) is 11.2. The van der Waals surface area contributed by atoms with Crippen LogP contribution in [-0.2, 0) is 24.8 Å². The molecule has 1 heterocycles. The van der Waals surface area contributed by atoms with Crippen molar-refractivity contribution in [3.63, 3.8) is 0 Å². The molecule has 2 atom stereocenters. The van der Waals surface area contributed by atoms with Crippen LogP contribution in [0.2, 0.25) is 0 Å². The monoisotopic (exact) mass is 254 g/mol. The summed E-state index contributed by atoms with van der Waals surface area (Å²) < 4.78 is 29.4. The molecule has 1 saturated heterocycles. The normalized spacial score (nSPS) is 27.2. The summed E-state index contributed by atoms with van der Waals surface area (Å²) in [5.41, 5.74) is 0.331. The van der Waals surface area contributed by atoms with Crippen molar-refractivity contribution in [2.45, 2.75) is 25.2 Å². The van der Waals surface area contributed by atoms with Crippen LogP contribution in [0.4, 0.5) is 4.39 Å². The molecule has 5 heteroatoms. The number of halogens is 1. The Morgan fingerprint density at radius 1 is 1.56 bits per heavy atom. The van der Waals surface area contributed by atoms with Gasteiger partial charge in [0.05, 0.1) is 26.2 Å². The molecule has 0 aromatic heterocycles. The zero-order chi connectivity index (χ0) is 13.2. The molecule has 98 valence electrons. The van der Waals surface area contributed by atoms with Gasteiger partial charge in [-0.25, -0.2) is 4.39 Å². The van der Waals surface area contributed by atoms with Crippen LogP contribution in [-0.4, -0.2) is 25.8 Å². The Labute approximate surface area is 105 Å². The van der Waals surface area contributed by atoms with Gasteiger partial charge in [0.2, 0.25) is 0 Å². The summed E-state index contributed by atoms with van der Waals surface area (Å²) in [6.07, 6.45) is -0.317. The molecule has 1 aliphatic heterocycles. The highest BCUT2D eigenvalue weighted by atomic mass is 19.1. The van der Waals surface area contributed by atoms with Crippen molar-refractivity contribution in [3.8, 4) is 0 Å². The standard InChI is InChI=1S/C13H15FO4/c1-13(10-5-3-4-6-11(10)14)17-8-9(18-13)7-12(15)16-2/h3-6,9H,7-8H2,1-2H3. The van der Waals surface area contributed by atoms with E-state index < -0.39 is 17.7 Å². The Hall–Kier alpha value is -1.46. The third-order valence-corrected chi connectivity index (χ3v) is 2.92. The summed E-state index contributed by atoms with van der Waals surface area (Å²) in [6, 6.07) is 6.27. The lowest BCUT2D eigenvalue weighted by molar-refractivity contribution is -0.168. The van der Waals surface area contributed by atoms with E-state index in [9.17, 15) is 9.18 Å². The molecular weight excluding hydrogens is 239 g/mol. The molecule has 0 spiro atoms. The average Bonchev–Trinajstić information content (AvgIpc) is 2.72. The predicted octanol–water partition coefficient (Wildman–Crippen LogP) is 1.98. The molecule has 0 saturated carbocycles. The van der Waals surface area contributed by atoms with Crippen molar-refractivity contribution in [2.75, 3.05) is 13.7 Å². The van der Waals surface area contributed by atoms with E-state index in [-0.39, 0.29) is 19.0 Å². The predicted molar refractivity (Wildman–Crippen MR) is 61.2 cm³/mol. The van der Waals surface area contributed by atoms with Gasteiger partial charge in [-0.15, -0.1) is 0 Å². The first kappa shape index (κ1) is 13.0. The zero-order valence-electron chi connectivity index (χ0n) is 10.3. The molecular formula is C13H15FO4. The lowest BCUT2D eigenvalue weighted by Crippen LogP contribution is -2.26. The van der Waals surface area contributed by atoms with Gasteiger partial charge in [0.15, 0.2) is 5.79 Å². The third-order valence-electron chi connectivity index (χ3n) is 2.92. The maximum absolute atomic E-state index is 13.7. The second-order valence-corrected chi connectivity index (χ2v) is 4.26. The number of rotatable bonds is 3. The average molecular weight is 254 g/mol. The lowest BCUT2D eigenvalue weighted by Gasteiger charge is -2.24. The molecule has 0 amide bonds. The van der Waals surface area contributed by atoms with E-state index in [4.69, 9.17) is 9.47 Å². The Bertz CT molecular complexity index is 448. The van der Waals surface area contributed by atoms with Gasteiger partial charge in [0, 0.05) is 5.56 Å². The van der Waals surface area contributed by atoms with Gasteiger partial charge in [-0.2, -0.15) is 0 Å². The quantitative estimate of drug-likeness (QED) is 0.774. The maximum Gasteiger partial charge on any atom is 0.308 e. The topological polar surface area (TPSA) is 44.8 Å². The van der Waals surface area contributed by atoms with Gasteiger partial charge in [-0.1, -0.05) is 18.2 Å². The first-order valence-electron chi connectivity index (χ1n) is 5.69. The van der Waals surface area contributed by atoms with Crippen molar-refractivity contribution >= 4 is 5.97 Å². The number of hydrogen-bond donors (Lipinski definition) is 0. The fourth-order valence-corrected chi connectivity index (χ4v) is 1.98. The number of carbonyl (C=O) groups is 1. The van der Waals surface area contributed by atoms with Gasteiger partial charge in [0.25, 0.3) is 0 Å². The summed E-state index contributed by atoms with van der Waals surface area (Å²) in [5, 5.41) is 0. The maximum atomic E-state index is 13.7. The van der Waals surface area contributed by atoms with Gasteiger partial charge in [-0.05, 0) is 13.0 Å². The number of methoxy groups -OCH3 is 1. The first-order valence-corrected chi connectivity index (χ1v) is 5.69. The second kappa shape index (κ2) is 5.04. The number of benzene rings is 1. The molecule has 4 nitrogen and oxygen atoms in total. The Morgan fingerprint density at radius 3 is 2.94 bits per heavy atom. The Morgan fingerprint density at radius 2 is 2.28 bits per heavy atom. The highest BCUT2D eigenvalue weighted by Gasteiger charge is 2.41. The van der Waals surface area contributed by atoms with E-state index in [1.54, 1.807) is 25.1 Å². The molecule has 2 rings (SSSR count). The lowest BCUT2D eigenvalue weighted by atomic mass is 10.1. The highest BCUT2D eigenvalue weighted by molar-refractivity contribution is 5.69. The van der Waals surface area contributed by atoms with Crippen LogP contribution in [0.15, 0.2) is 24.3 Å². The fraction of sp³-hybridized carbons (Fsp3) is 0.462. The van der Waals surface area contributed by atoms with Crippen LogP contribution >= 0.6 is 0 Å². The Balaban J connectivity index is 2.11. The molecule has 1 aliphatic rings. The molecule has 0 bridgehead atoms. The zero-order valence-corrected chi connectivity index (χ0v) is 10.3. The summed E-state index contributed by atoms with van der Waals surface area (Å²) in [7, 11) is 1.31. The molecule has 0 aliphatic carbocycles. The largest absolute Gasteiger partial charge is 0.469 e. The number of hydrogen-bond acceptors (Lipinski definition) is 4. The Kier molecular flexibility index (Phi) is 3.63. The summed E-state index contributed by atoms with van der Waals surface area (Å²) >= 11 is 0. The number of ether oxygens (including phenoxy) is 3. The van der Waals surface area contributed by atoms with E-state index in [1.807, 2.05) is 0 Å². The van der Waals surface area contributed by atoms with Gasteiger partial charge in [0.1, 0.15) is 5.82 Å². The van der Waals surface area contributed by atoms with Crippen molar-refractivity contribution < 1.29 is 23.4 Å². The molecule has 1 aromatic rings. The molecule has 1 aromatic carbocycles. The van der Waals surface area contributed by atoms with Crippen LogP contribution in [0.1, 0.15) is 18.9 Å². The minimum atomic E-state index is -1.15. The van der Waals surface area contributed by atoms with Crippen LogP contribution in [0.3, 0.4) is 0 Å². The second-order valence-electron chi connectivity index (χ2n) is 4.26. The number of esters is 1. The van der Waals surface area contributed by atoms with Gasteiger partial charge >= 0.3 is 5.97 Å². The van der Waals surface area contributed by atoms with Gasteiger partial charge < -0.3 is 14.2 Å². The smallest absolute Gasteiger partial charge is 0.308 e. The number of carbonyl (C=O) groups excluding carboxylic acids is 1. The van der Waals surface area contributed by atoms with Crippen molar-refractivity contribution in [1.29, 1.82) is 0 Å². The van der Waals surface area contributed by atoms with Crippen molar-refractivity contribution in [3.05, 3.63) is 35.6 Å².